The Balaban J connectivity index is 1.95. The summed E-state index contributed by atoms with van der Waals surface area (Å²) in [4.78, 5) is 11.1. The van der Waals surface area contributed by atoms with E-state index in [2.05, 4.69) is 0 Å². The second-order valence-electron chi connectivity index (χ2n) is 5.94. The van der Waals surface area contributed by atoms with E-state index in [0.29, 0.717) is 5.39 Å². The largest absolute Gasteiger partial charge is 0.507 e. The number of rotatable bonds is 3. The lowest BCUT2D eigenvalue weighted by atomic mass is 10.0. The van der Waals surface area contributed by atoms with Gasteiger partial charge in [-0.2, -0.15) is 0 Å². The highest BCUT2D eigenvalue weighted by atomic mass is 19.1. The van der Waals surface area contributed by atoms with Crippen LogP contribution < -0.4 is 0 Å². The number of halogens is 1. The Kier molecular flexibility index (Phi) is 3.69. The van der Waals surface area contributed by atoms with Gasteiger partial charge in [0, 0.05) is 22.8 Å². The van der Waals surface area contributed by atoms with Crippen LogP contribution in [0.25, 0.3) is 27.7 Å². The zero-order valence-electron chi connectivity index (χ0n) is 13.6. The highest BCUT2D eigenvalue weighted by Crippen LogP contribution is 2.37. The van der Waals surface area contributed by atoms with Crippen LogP contribution in [0.2, 0.25) is 0 Å². The monoisotopic (exact) mass is 347 g/mol. The van der Waals surface area contributed by atoms with Gasteiger partial charge in [-0.1, -0.05) is 18.2 Å². The van der Waals surface area contributed by atoms with E-state index < -0.39 is 5.97 Å². The lowest BCUT2D eigenvalue weighted by molar-refractivity contribution is 0.0697. The molecule has 128 valence electrons. The van der Waals surface area contributed by atoms with Crippen LogP contribution in [0, 0.1) is 5.82 Å². The molecule has 0 aliphatic carbocycles. The maximum absolute atomic E-state index is 13.3. The first kappa shape index (κ1) is 15.9. The van der Waals surface area contributed by atoms with Crippen LogP contribution >= 0.6 is 0 Å². The number of carboxylic acids is 1. The Morgan fingerprint density at radius 1 is 0.923 bits per heavy atom. The Hall–Kier alpha value is -3.60. The smallest absolute Gasteiger partial charge is 0.335 e. The van der Waals surface area contributed by atoms with Crippen molar-refractivity contribution in [3.63, 3.8) is 0 Å². The first-order chi connectivity index (χ1) is 12.5. The molecule has 0 aliphatic rings. The molecule has 5 heteroatoms. The van der Waals surface area contributed by atoms with Crippen LogP contribution in [0.3, 0.4) is 0 Å². The molecule has 26 heavy (non-hydrogen) atoms. The summed E-state index contributed by atoms with van der Waals surface area (Å²) < 4.78 is 15.1. The average molecular weight is 347 g/mol. The summed E-state index contributed by atoms with van der Waals surface area (Å²) in [6.07, 6.45) is 1.85. The number of phenolic OH excluding ortho intramolecular Hbond substituents is 1. The fourth-order valence-corrected chi connectivity index (χ4v) is 3.09. The molecule has 3 aromatic carbocycles. The molecule has 0 saturated carbocycles. The van der Waals surface area contributed by atoms with Gasteiger partial charge in [-0.3, -0.25) is 0 Å². The summed E-state index contributed by atoms with van der Waals surface area (Å²) in [7, 11) is 0. The Labute approximate surface area is 148 Å². The van der Waals surface area contributed by atoms with E-state index in [-0.39, 0.29) is 17.1 Å². The lowest BCUT2D eigenvalue weighted by Crippen LogP contribution is -1.94. The SMILES string of the molecule is O=C(O)c1ccc(-c2cn(-c3ccc(F)cc3)c3cccc(O)c23)cc1. The van der Waals surface area contributed by atoms with Gasteiger partial charge >= 0.3 is 5.97 Å². The van der Waals surface area contributed by atoms with Crippen LogP contribution in [-0.4, -0.2) is 20.7 Å². The number of hydrogen-bond donors (Lipinski definition) is 2. The van der Waals surface area contributed by atoms with Gasteiger partial charge < -0.3 is 14.8 Å². The molecule has 1 heterocycles. The lowest BCUT2D eigenvalue weighted by Gasteiger charge is -2.05. The van der Waals surface area contributed by atoms with Gasteiger partial charge in [0.05, 0.1) is 11.1 Å². The van der Waals surface area contributed by atoms with E-state index in [9.17, 15) is 14.3 Å². The molecule has 0 fully saturated rings. The van der Waals surface area contributed by atoms with Crippen LogP contribution in [0.15, 0.2) is 72.9 Å². The van der Waals surface area contributed by atoms with Gasteiger partial charge in [0.2, 0.25) is 0 Å². The maximum atomic E-state index is 13.3. The van der Waals surface area contributed by atoms with Crippen molar-refractivity contribution in [2.45, 2.75) is 0 Å². The summed E-state index contributed by atoms with van der Waals surface area (Å²) in [6, 6.07) is 17.8. The molecule has 4 rings (SSSR count). The van der Waals surface area contributed by atoms with Crippen molar-refractivity contribution in [2.75, 3.05) is 0 Å². The van der Waals surface area contributed by atoms with Gasteiger partial charge in [0.15, 0.2) is 0 Å². The van der Waals surface area contributed by atoms with Crippen LogP contribution in [0.1, 0.15) is 10.4 Å². The minimum Gasteiger partial charge on any atom is -0.507 e. The third-order valence-corrected chi connectivity index (χ3v) is 4.36. The second kappa shape index (κ2) is 6.04. The molecule has 1 aromatic heterocycles. The van der Waals surface area contributed by atoms with E-state index >= 15 is 0 Å². The van der Waals surface area contributed by atoms with Crippen molar-refractivity contribution in [3.05, 3.63) is 84.3 Å². The van der Waals surface area contributed by atoms with Gasteiger partial charge in [-0.05, 0) is 54.1 Å². The predicted molar refractivity (Wildman–Crippen MR) is 97.3 cm³/mol. The first-order valence-corrected chi connectivity index (χ1v) is 7.97. The number of fused-ring (bicyclic) bond motifs is 1. The fourth-order valence-electron chi connectivity index (χ4n) is 3.09. The number of benzene rings is 3. The number of aromatic hydroxyl groups is 1. The van der Waals surface area contributed by atoms with Gasteiger partial charge in [0.1, 0.15) is 11.6 Å². The summed E-state index contributed by atoms with van der Waals surface area (Å²) in [5, 5.41) is 20.1. The zero-order chi connectivity index (χ0) is 18.3. The molecule has 0 saturated heterocycles. The number of nitrogens with zero attached hydrogens (tertiary/aromatic N) is 1. The highest BCUT2D eigenvalue weighted by Gasteiger charge is 2.15. The second-order valence-corrected chi connectivity index (χ2v) is 5.94. The van der Waals surface area contributed by atoms with E-state index in [1.807, 2.05) is 16.8 Å². The van der Waals surface area contributed by atoms with E-state index in [0.717, 1.165) is 22.3 Å². The van der Waals surface area contributed by atoms with Crippen molar-refractivity contribution >= 4 is 16.9 Å². The summed E-state index contributed by atoms with van der Waals surface area (Å²) in [5.74, 6) is -1.19. The van der Waals surface area contributed by atoms with Crippen molar-refractivity contribution in [1.82, 2.24) is 4.57 Å². The number of hydrogen-bond acceptors (Lipinski definition) is 2. The first-order valence-electron chi connectivity index (χ1n) is 7.97. The Bertz CT molecular complexity index is 1110. The van der Waals surface area contributed by atoms with Crippen molar-refractivity contribution in [2.24, 2.45) is 0 Å². The van der Waals surface area contributed by atoms with Gasteiger partial charge in [-0.25, -0.2) is 9.18 Å². The van der Waals surface area contributed by atoms with Crippen molar-refractivity contribution in [3.8, 4) is 22.6 Å². The molecule has 0 bridgehead atoms. The number of aromatic carboxylic acids is 1. The third kappa shape index (κ3) is 2.59. The molecule has 2 N–H and O–H groups in total. The Morgan fingerprint density at radius 3 is 2.27 bits per heavy atom. The molecule has 4 aromatic rings. The summed E-state index contributed by atoms with van der Waals surface area (Å²) >= 11 is 0. The standard InChI is InChI=1S/C21H14FNO3/c22-15-8-10-16(11-9-15)23-12-17(20-18(23)2-1-3-19(20)24)13-4-6-14(7-5-13)21(25)26/h1-12,24H,(H,25,26). The zero-order valence-corrected chi connectivity index (χ0v) is 13.6. The number of carboxylic acid groups (broad SMARTS) is 1. The summed E-state index contributed by atoms with van der Waals surface area (Å²) in [5.41, 5.74) is 3.27. The average Bonchev–Trinajstić information content (AvgIpc) is 3.03. The van der Waals surface area contributed by atoms with Crippen LogP contribution in [-0.2, 0) is 0 Å². The van der Waals surface area contributed by atoms with Crippen LogP contribution in [0.4, 0.5) is 4.39 Å². The quantitative estimate of drug-likeness (QED) is 0.557. The molecule has 0 unspecified atom stereocenters. The molecule has 0 radical (unpaired) electrons. The maximum Gasteiger partial charge on any atom is 0.335 e. The topological polar surface area (TPSA) is 62.5 Å². The minimum atomic E-state index is -0.992. The summed E-state index contributed by atoms with van der Waals surface area (Å²) in [6.45, 7) is 0. The number of phenols is 1. The highest BCUT2D eigenvalue weighted by molar-refractivity contribution is 6.01. The molecule has 0 spiro atoms. The third-order valence-electron chi connectivity index (χ3n) is 4.36. The van der Waals surface area contributed by atoms with Crippen LogP contribution in [0.5, 0.6) is 5.75 Å². The minimum absolute atomic E-state index is 0.126. The fraction of sp³-hybridized carbons (Fsp3) is 0. The number of aromatic nitrogens is 1. The van der Waals surface area contributed by atoms with Crippen molar-refractivity contribution < 1.29 is 19.4 Å². The normalized spacial score (nSPS) is 11.0. The van der Waals surface area contributed by atoms with Gasteiger partial charge in [0.25, 0.3) is 0 Å². The van der Waals surface area contributed by atoms with E-state index in [1.165, 1.54) is 24.3 Å². The predicted octanol–water partition coefficient (Wildman–Crippen LogP) is 4.84. The molecular formula is C21H14FNO3. The van der Waals surface area contributed by atoms with Gasteiger partial charge in [-0.15, -0.1) is 0 Å². The molecule has 0 amide bonds. The van der Waals surface area contributed by atoms with E-state index in [1.54, 1.807) is 36.4 Å². The Morgan fingerprint density at radius 2 is 1.62 bits per heavy atom. The molecular weight excluding hydrogens is 333 g/mol. The molecule has 4 nitrogen and oxygen atoms in total. The van der Waals surface area contributed by atoms with Crippen molar-refractivity contribution in [1.29, 1.82) is 0 Å². The molecule has 0 atom stereocenters. The molecule has 0 aliphatic heterocycles. The number of carbonyl (C=O) groups is 1. The van der Waals surface area contributed by atoms with E-state index in [4.69, 9.17) is 5.11 Å².